The lowest BCUT2D eigenvalue weighted by atomic mass is 10.2. The average molecular weight is 374 g/mol. The number of guanidine groups is 1. The number of nitrogens with two attached hydrogens (primary N) is 3. The second kappa shape index (κ2) is 8.27. The second-order valence-corrected chi connectivity index (χ2v) is 4.78. The number of nitrogens with zero attached hydrogens (tertiary/aromatic N) is 3. The van der Waals surface area contributed by atoms with Crippen LogP contribution in [0.5, 0.6) is 0 Å². The summed E-state index contributed by atoms with van der Waals surface area (Å²) in [5, 5.41) is 2.82. The molecule has 2 aromatic rings. The number of halogens is 3. The minimum Gasteiger partial charge on any atom is -0.382 e. The molecule has 0 aliphatic heterocycles. The fraction of sp³-hybridized carbons (Fsp3) is 0.0769. The summed E-state index contributed by atoms with van der Waals surface area (Å²) in [4.78, 5) is 22.8. The highest BCUT2D eigenvalue weighted by Crippen LogP contribution is 2.21. The summed E-state index contributed by atoms with van der Waals surface area (Å²) in [5.74, 6) is -1.60. The van der Waals surface area contributed by atoms with Crippen molar-refractivity contribution in [3.8, 4) is 0 Å². The molecule has 2 rings (SSSR count). The first kappa shape index (κ1) is 19.4. The monoisotopic (exact) mass is 373 g/mol. The Morgan fingerprint density at radius 2 is 1.88 bits per heavy atom. The van der Waals surface area contributed by atoms with E-state index in [1.807, 2.05) is 0 Å². The average Bonchev–Trinajstić information content (AvgIpc) is 2.48. The molecule has 0 radical (unpaired) electrons. The van der Waals surface area contributed by atoms with E-state index in [0.717, 1.165) is 5.56 Å². The zero-order chi connectivity index (χ0) is 17.0. The summed E-state index contributed by atoms with van der Waals surface area (Å²) in [6.45, 7) is 0.315. The molecule has 1 aromatic carbocycles. The Hall–Kier alpha value is -2.65. The number of anilines is 2. The first-order valence-electron chi connectivity index (χ1n) is 6.32. The van der Waals surface area contributed by atoms with E-state index in [2.05, 4.69) is 20.3 Å². The molecule has 0 spiro atoms. The molecule has 11 heteroatoms. The van der Waals surface area contributed by atoms with Gasteiger partial charge in [-0.3, -0.25) is 4.79 Å². The van der Waals surface area contributed by atoms with E-state index >= 15 is 0 Å². The molecule has 0 saturated carbocycles. The van der Waals surface area contributed by atoms with Crippen LogP contribution in [-0.4, -0.2) is 21.8 Å². The number of nitrogen functional groups attached to an aromatic ring is 1. The molecule has 0 aliphatic rings. The molecular formula is C13H14Cl2FN7O. The lowest BCUT2D eigenvalue weighted by molar-refractivity contribution is 0.0998. The van der Waals surface area contributed by atoms with Gasteiger partial charge in [0.2, 0.25) is 0 Å². The first-order valence-corrected chi connectivity index (χ1v) is 6.70. The SMILES string of the molecule is Cl.NC(N)=NC(=O)c1nc(Cl)c(NCc2ccc(F)cc2)nc1N. The fourth-order valence-electron chi connectivity index (χ4n) is 1.66. The predicted molar refractivity (Wildman–Crippen MR) is 92.6 cm³/mol. The van der Waals surface area contributed by atoms with Crippen molar-refractivity contribution < 1.29 is 9.18 Å². The molecule has 7 N–H and O–H groups in total. The Balaban J connectivity index is 0.00000288. The van der Waals surface area contributed by atoms with Crippen molar-refractivity contribution in [1.82, 2.24) is 9.97 Å². The molecule has 1 aromatic heterocycles. The van der Waals surface area contributed by atoms with E-state index in [0.29, 0.717) is 6.54 Å². The van der Waals surface area contributed by atoms with Gasteiger partial charge in [0, 0.05) is 6.54 Å². The van der Waals surface area contributed by atoms with Gasteiger partial charge in [-0.05, 0) is 17.7 Å². The van der Waals surface area contributed by atoms with Gasteiger partial charge >= 0.3 is 5.91 Å². The minimum atomic E-state index is -0.845. The van der Waals surface area contributed by atoms with Gasteiger partial charge in [-0.25, -0.2) is 14.4 Å². The highest BCUT2D eigenvalue weighted by molar-refractivity contribution is 6.32. The van der Waals surface area contributed by atoms with E-state index in [1.165, 1.54) is 12.1 Å². The van der Waals surface area contributed by atoms with Gasteiger partial charge < -0.3 is 22.5 Å². The summed E-state index contributed by atoms with van der Waals surface area (Å²) in [7, 11) is 0. The van der Waals surface area contributed by atoms with Gasteiger partial charge in [0.15, 0.2) is 28.4 Å². The molecule has 0 atom stereocenters. The summed E-state index contributed by atoms with van der Waals surface area (Å²) in [6, 6.07) is 5.86. The Kier molecular flexibility index (Phi) is 6.69. The number of nitrogens with one attached hydrogen (secondary N) is 1. The van der Waals surface area contributed by atoms with Crippen molar-refractivity contribution in [2.75, 3.05) is 11.1 Å². The molecule has 0 aliphatic carbocycles. The van der Waals surface area contributed by atoms with E-state index in [4.69, 9.17) is 28.8 Å². The Labute approximate surface area is 147 Å². The number of aromatic nitrogens is 2. The first-order chi connectivity index (χ1) is 10.9. The number of carbonyl (C=O) groups is 1. The van der Waals surface area contributed by atoms with E-state index in [9.17, 15) is 9.18 Å². The number of amides is 1. The molecule has 8 nitrogen and oxygen atoms in total. The number of carbonyl (C=O) groups excluding carboxylic acids is 1. The third kappa shape index (κ3) is 4.93. The number of hydrogen-bond acceptors (Lipinski definition) is 5. The number of aliphatic imine (C=N–C) groups is 1. The van der Waals surface area contributed by atoms with Crippen molar-refractivity contribution in [2.24, 2.45) is 16.5 Å². The van der Waals surface area contributed by atoms with Gasteiger partial charge in [0.05, 0.1) is 0 Å². The van der Waals surface area contributed by atoms with Crippen molar-refractivity contribution in [2.45, 2.75) is 6.54 Å². The largest absolute Gasteiger partial charge is 0.382 e. The maximum absolute atomic E-state index is 12.8. The smallest absolute Gasteiger partial charge is 0.302 e. The van der Waals surface area contributed by atoms with Crippen LogP contribution in [0, 0.1) is 5.82 Å². The van der Waals surface area contributed by atoms with Crippen LogP contribution in [0.3, 0.4) is 0 Å². The molecular weight excluding hydrogens is 360 g/mol. The van der Waals surface area contributed by atoms with Crippen LogP contribution in [0.2, 0.25) is 5.15 Å². The van der Waals surface area contributed by atoms with Crippen LogP contribution in [0.4, 0.5) is 16.0 Å². The van der Waals surface area contributed by atoms with Crippen LogP contribution in [0.25, 0.3) is 0 Å². The van der Waals surface area contributed by atoms with E-state index in [-0.39, 0.29) is 40.7 Å². The predicted octanol–water partition coefficient (Wildman–Crippen LogP) is 1.30. The second-order valence-electron chi connectivity index (χ2n) is 4.42. The zero-order valence-electron chi connectivity index (χ0n) is 12.2. The molecule has 0 fully saturated rings. The third-order valence-corrected chi connectivity index (χ3v) is 2.95. The van der Waals surface area contributed by atoms with Gasteiger partial charge in [0.25, 0.3) is 0 Å². The maximum atomic E-state index is 12.8. The maximum Gasteiger partial charge on any atom is 0.302 e. The van der Waals surface area contributed by atoms with Crippen molar-refractivity contribution in [1.29, 1.82) is 0 Å². The zero-order valence-corrected chi connectivity index (χ0v) is 13.7. The standard InChI is InChI=1S/C13H13ClFN7O.ClH/c14-9-11(19-5-6-1-3-7(15)4-2-6)21-10(16)8(20-9)12(23)22-13(17)18;/h1-4H,5H2,(H3,16,19,21)(H4,17,18,22,23);1H. The highest BCUT2D eigenvalue weighted by Gasteiger charge is 2.16. The number of hydrogen-bond donors (Lipinski definition) is 4. The molecule has 0 saturated heterocycles. The van der Waals surface area contributed by atoms with Crippen LogP contribution in [0.15, 0.2) is 29.3 Å². The molecule has 1 amide bonds. The lowest BCUT2D eigenvalue weighted by Crippen LogP contribution is -2.24. The normalized spacial score (nSPS) is 9.75. The quantitative estimate of drug-likeness (QED) is 0.466. The van der Waals surface area contributed by atoms with Crippen molar-refractivity contribution in [3.63, 3.8) is 0 Å². The Morgan fingerprint density at radius 1 is 1.25 bits per heavy atom. The molecule has 0 bridgehead atoms. The van der Waals surface area contributed by atoms with Crippen LogP contribution >= 0.6 is 24.0 Å². The third-order valence-electron chi connectivity index (χ3n) is 2.69. The molecule has 24 heavy (non-hydrogen) atoms. The van der Waals surface area contributed by atoms with Gasteiger partial charge in [-0.15, -0.1) is 12.4 Å². The van der Waals surface area contributed by atoms with Gasteiger partial charge in [0.1, 0.15) is 5.82 Å². The summed E-state index contributed by atoms with van der Waals surface area (Å²) in [5.41, 5.74) is 16.4. The number of rotatable bonds is 4. The Bertz CT molecular complexity index is 764. The molecule has 128 valence electrons. The van der Waals surface area contributed by atoms with Gasteiger partial charge in [-0.1, -0.05) is 23.7 Å². The minimum absolute atomic E-state index is 0. The summed E-state index contributed by atoms with van der Waals surface area (Å²) in [6.07, 6.45) is 0. The number of benzene rings is 1. The molecule has 1 heterocycles. The van der Waals surface area contributed by atoms with Crippen LogP contribution in [0.1, 0.15) is 16.1 Å². The summed E-state index contributed by atoms with van der Waals surface area (Å²) < 4.78 is 12.8. The van der Waals surface area contributed by atoms with Crippen molar-refractivity contribution >= 4 is 47.5 Å². The van der Waals surface area contributed by atoms with E-state index in [1.54, 1.807) is 12.1 Å². The van der Waals surface area contributed by atoms with Crippen LogP contribution in [-0.2, 0) is 6.54 Å². The lowest BCUT2D eigenvalue weighted by Gasteiger charge is -2.09. The highest BCUT2D eigenvalue weighted by atomic mass is 35.5. The topological polar surface area (TPSA) is 145 Å². The summed E-state index contributed by atoms with van der Waals surface area (Å²) >= 11 is 5.96. The van der Waals surface area contributed by atoms with Gasteiger partial charge in [-0.2, -0.15) is 4.99 Å². The van der Waals surface area contributed by atoms with Crippen LogP contribution < -0.4 is 22.5 Å². The Morgan fingerprint density at radius 3 is 2.46 bits per heavy atom. The van der Waals surface area contributed by atoms with E-state index < -0.39 is 11.9 Å². The molecule has 0 unspecified atom stereocenters. The van der Waals surface area contributed by atoms with Crippen molar-refractivity contribution in [3.05, 3.63) is 46.5 Å². The fourth-order valence-corrected chi connectivity index (χ4v) is 1.85.